The summed E-state index contributed by atoms with van der Waals surface area (Å²) in [5, 5.41) is 4.08. The van der Waals surface area contributed by atoms with Gasteiger partial charge in [0.1, 0.15) is 0 Å². The number of rotatable bonds is 7. The third-order valence-corrected chi connectivity index (χ3v) is 3.29. The van der Waals surface area contributed by atoms with Crippen molar-refractivity contribution in [2.75, 3.05) is 25.1 Å². The summed E-state index contributed by atoms with van der Waals surface area (Å²) in [5.41, 5.74) is 0.479. The highest BCUT2D eigenvalue weighted by atomic mass is 79.9. The van der Waals surface area contributed by atoms with Crippen molar-refractivity contribution in [3.63, 3.8) is 0 Å². The molecule has 0 heterocycles. The number of carbonyl (C=O) groups is 1. The number of carbonyl (C=O) groups excluding carboxylic acids is 1. The van der Waals surface area contributed by atoms with Gasteiger partial charge < -0.3 is 10.1 Å². The van der Waals surface area contributed by atoms with Crippen LogP contribution in [0.1, 0.15) is 16.8 Å². The van der Waals surface area contributed by atoms with Gasteiger partial charge in [0.25, 0.3) is 5.91 Å². The molecule has 3 nitrogen and oxygen atoms in total. The Labute approximate surface area is 128 Å². The Morgan fingerprint density at radius 2 is 2.17 bits per heavy atom. The molecular formula is C12H14Br2ClNO2. The first-order valence-electron chi connectivity index (χ1n) is 5.52. The van der Waals surface area contributed by atoms with Gasteiger partial charge in [-0.1, -0.05) is 43.5 Å². The average molecular weight is 400 g/mol. The van der Waals surface area contributed by atoms with E-state index in [4.69, 9.17) is 16.3 Å². The zero-order valence-electron chi connectivity index (χ0n) is 9.72. The minimum Gasteiger partial charge on any atom is -0.381 e. The lowest BCUT2D eigenvalue weighted by atomic mass is 10.2. The van der Waals surface area contributed by atoms with Crippen LogP contribution in [-0.4, -0.2) is 31.0 Å². The number of ether oxygens (including phenoxy) is 1. The second kappa shape index (κ2) is 8.91. The molecule has 0 aliphatic heterocycles. The van der Waals surface area contributed by atoms with Gasteiger partial charge in [0, 0.05) is 23.0 Å². The number of nitrogens with one attached hydrogen (secondary N) is 1. The van der Waals surface area contributed by atoms with E-state index in [1.165, 1.54) is 0 Å². The second-order valence-corrected chi connectivity index (χ2v) is 5.65. The molecule has 18 heavy (non-hydrogen) atoms. The number of hydrogen-bond donors (Lipinski definition) is 1. The fourth-order valence-corrected chi connectivity index (χ4v) is 2.09. The predicted octanol–water partition coefficient (Wildman–Crippen LogP) is 3.63. The number of amides is 1. The standard InChI is InChI=1S/C12H14Br2ClNO2/c13-4-7-18-6-1-5-16-12(17)10-8-9(14)2-3-11(10)15/h2-3,8H,1,4-7H2,(H,16,17). The fourth-order valence-electron chi connectivity index (χ4n) is 1.30. The highest BCUT2D eigenvalue weighted by Crippen LogP contribution is 2.20. The lowest BCUT2D eigenvalue weighted by Gasteiger charge is -2.07. The van der Waals surface area contributed by atoms with E-state index in [9.17, 15) is 4.79 Å². The Balaban J connectivity index is 2.34. The number of hydrogen-bond acceptors (Lipinski definition) is 2. The summed E-state index contributed by atoms with van der Waals surface area (Å²) in [6.07, 6.45) is 0.782. The maximum Gasteiger partial charge on any atom is 0.252 e. The van der Waals surface area contributed by atoms with Crippen molar-refractivity contribution in [3.8, 4) is 0 Å². The lowest BCUT2D eigenvalue weighted by Crippen LogP contribution is -2.25. The summed E-state index contributed by atoms with van der Waals surface area (Å²) in [5.74, 6) is -0.165. The van der Waals surface area contributed by atoms with E-state index in [1.807, 2.05) is 0 Å². The van der Waals surface area contributed by atoms with Gasteiger partial charge in [0.05, 0.1) is 17.2 Å². The molecule has 0 aliphatic rings. The Bertz CT molecular complexity index is 402. The average Bonchev–Trinajstić information content (AvgIpc) is 2.36. The zero-order valence-corrected chi connectivity index (χ0v) is 13.6. The van der Waals surface area contributed by atoms with Crippen molar-refractivity contribution in [3.05, 3.63) is 33.3 Å². The smallest absolute Gasteiger partial charge is 0.252 e. The molecule has 100 valence electrons. The van der Waals surface area contributed by atoms with E-state index < -0.39 is 0 Å². The molecule has 0 spiro atoms. The minimum absolute atomic E-state index is 0.165. The summed E-state index contributed by atoms with van der Waals surface area (Å²) in [6, 6.07) is 5.20. The number of benzene rings is 1. The fraction of sp³-hybridized carbons (Fsp3) is 0.417. The number of halogens is 3. The monoisotopic (exact) mass is 397 g/mol. The third-order valence-electron chi connectivity index (χ3n) is 2.15. The van der Waals surface area contributed by atoms with Crippen LogP contribution in [0, 0.1) is 0 Å². The summed E-state index contributed by atoms with van der Waals surface area (Å²) >= 11 is 12.5. The van der Waals surface area contributed by atoms with Crippen molar-refractivity contribution in [1.29, 1.82) is 0 Å². The first-order chi connectivity index (χ1) is 8.65. The van der Waals surface area contributed by atoms with Gasteiger partial charge in [-0.05, 0) is 24.6 Å². The molecule has 0 saturated heterocycles. The largest absolute Gasteiger partial charge is 0.381 e. The second-order valence-electron chi connectivity index (χ2n) is 3.53. The normalized spacial score (nSPS) is 10.4. The van der Waals surface area contributed by atoms with Gasteiger partial charge in [-0.3, -0.25) is 4.79 Å². The van der Waals surface area contributed by atoms with Crippen LogP contribution in [0.5, 0.6) is 0 Å². The molecule has 0 aliphatic carbocycles. The Kier molecular flexibility index (Phi) is 7.90. The molecule has 1 N–H and O–H groups in total. The zero-order chi connectivity index (χ0) is 13.4. The molecule has 1 aromatic carbocycles. The van der Waals surface area contributed by atoms with E-state index in [0.717, 1.165) is 16.2 Å². The molecule has 0 atom stereocenters. The molecule has 6 heteroatoms. The lowest BCUT2D eigenvalue weighted by molar-refractivity contribution is 0.0945. The van der Waals surface area contributed by atoms with E-state index in [-0.39, 0.29) is 5.91 Å². The molecule has 0 unspecified atom stereocenters. The van der Waals surface area contributed by atoms with Gasteiger partial charge in [0.15, 0.2) is 0 Å². The summed E-state index contributed by atoms with van der Waals surface area (Å²) in [6.45, 7) is 1.90. The van der Waals surface area contributed by atoms with Crippen molar-refractivity contribution in [2.45, 2.75) is 6.42 Å². The first-order valence-corrected chi connectivity index (χ1v) is 7.81. The van der Waals surface area contributed by atoms with Crippen molar-refractivity contribution < 1.29 is 9.53 Å². The summed E-state index contributed by atoms with van der Waals surface area (Å²) in [7, 11) is 0. The molecular weight excluding hydrogens is 385 g/mol. The summed E-state index contributed by atoms with van der Waals surface area (Å²) in [4.78, 5) is 11.8. The maximum atomic E-state index is 11.8. The van der Waals surface area contributed by atoms with Crippen LogP contribution in [0.3, 0.4) is 0 Å². The maximum absolute atomic E-state index is 11.8. The van der Waals surface area contributed by atoms with Gasteiger partial charge in [0.2, 0.25) is 0 Å². The molecule has 0 fully saturated rings. The van der Waals surface area contributed by atoms with Gasteiger partial charge >= 0.3 is 0 Å². The van der Waals surface area contributed by atoms with Crippen LogP contribution in [0.2, 0.25) is 5.02 Å². The van der Waals surface area contributed by atoms with Gasteiger partial charge in [-0.2, -0.15) is 0 Å². The third kappa shape index (κ3) is 5.69. The van der Waals surface area contributed by atoms with Crippen LogP contribution in [0.15, 0.2) is 22.7 Å². The summed E-state index contributed by atoms with van der Waals surface area (Å²) < 4.78 is 6.11. The molecule has 0 aromatic heterocycles. The van der Waals surface area contributed by atoms with E-state index in [0.29, 0.717) is 30.3 Å². The number of alkyl halides is 1. The van der Waals surface area contributed by atoms with E-state index in [1.54, 1.807) is 18.2 Å². The first kappa shape index (κ1) is 16.0. The Hall–Kier alpha value is -0.100. The quantitative estimate of drug-likeness (QED) is 0.562. The van der Waals surface area contributed by atoms with Crippen LogP contribution in [0.4, 0.5) is 0 Å². The molecule has 1 aromatic rings. The highest BCUT2D eigenvalue weighted by molar-refractivity contribution is 9.10. The SMILES string of the molecule is O=C(NCCCOCCBr)c1cc(Br)ccc1Cl. The van der Waals surface area contributed by atoms with Crippen LogP contribution in [-0.2, 0) is 4.74 Å². The topological polar surface area (TPSA) is 38.3 Å². The Morgan fingerprint density at radius 3 is 2.89 bits per heavy atom. The van der Waals surface area contributed by atoms with Crippen LogP contribution < -0.4 is 5.32 Å². The van der Waals surface area contributed by atoms with Crippen molar-refractivity contribution in [1.82, 2.24) is 5.32 Å². The van der Waals surface area contributed by atoms with Crippen LogP contribution in [0.25, 0.3) is 0 Å². The molecule has 0 saturated carbocycles. The molecule has 1 amide bonds. The van der Waals surface area contributed by atoms with E-state index in [2.05, 4.69) is 37.2 Å². The van der Waals surface area contributed by atoms with Crippen molar-refractivity contribution in [2.24, 2.45) is 0 Å². The van der Waals surface area contributed by atoms with E-state index >= 15 is 0 Å². The van der Waals surface area contributed by atoms with Crippen LogP contribution >= 0.6 is 43.5 Å². The predicted molar refractivity (Wildman–Crippen MR) is 80.7 cm³/mol. The van der Waals surface area contributed by atoms with Crippen molar-refractivity contribution >= 4 is 49.4 Å². The van der Waals surface area contributed by atoms with Gasteiger partial charge in [-0.15, -0.1) is 0 Å². The molecule has 0 radical (unpaired) electrons. The molecule has 1 rings (SSSR count). The Morgan fingerprint density at radius 1 is 1.39 bits per heavy atom. The van der Waals surface area contributed by atoms with Gasteiger partial charge in [-0.25, -0.2) is 0 Å². The molecule has 0 bridgehead atoms. The minimum atomic E-state index is -0.165. The highest BCUT2D eigenvalue weighted by Gasteiger charge is 2.09.